The first-order chi connectivity index (χ1) is 10.5. The lowest BCUT2D eigenvalue weighted by Crippen LogP contribution is -2.32. The van der Waals surface area contributed by atoms with Gasteiger partial charge in [-0.05, 0) is 56.2 Å². The van der Waals surface area contributed by atoms with Gasteiger partial charge in [-0.2, -0.15) is 0 Å². The number of benzene rings is 2. The largest absolute Gasteiger partial charge is 0.481 e. The zero-order valence-corrected chi connectivity index (χ0v) is 13.8. The van der Waals surface area contributed by atoms with Gasteiger partial charge in [-0.15, -0.1) is 0 Å². The van der Waals surface area contributed by atoms with Gasteiger partial charge in [0.15, 0.2) is 6.10 Å². The lowest BCUT2D eigenvalue weighted by molar-refractivity contribution is -0.122. The van der Waals surface area contributed by atoms with Crippen molar-refractivity contribution in [3.8, 4) is 5.75 Å². The molecule has 0 saturated carbocycles. The molecule has 0 spiro atoms. The van der Waals surface area contributed by atoms with E-state index in [0.717, 1.165) is 11.3 Å². The number of carbonyl (C=O) groups is 1. The fraction of sp³-hybridized carbons (Fsp3) is 0.278. The highest BCUT2D eigenvalue weighted by Crippen LogP contribution is 2.20. The van der Waals surface area contributed by atoms with Gasteiger partial charge in [0.1, 0.15) is 5.75 Å². The lowest BCUT2D eigenvalue weighted by Gasteiger charge is -2.18. The smallest absolute Gasteiger partial charge is 0.265 e. The Hall–Kier alpha value is -2.00. The van der Waals surface area contributed by atoms with Gasteiger partial charge in [-0.25, -0.2) is 0 Å². The molecule has 0 fully saturated rings. The van der Waals surface area contributed by atoms with E-state index in [1.807, 2.05) is 39.0 Å². The molecule has 0 aliphatic heterocycles. The summed E-state index contributed by atoms with van der Waals surface area (Å²) in [5, 5.41) is 3.57. The zero-order chi connectivity index (χ0) is 16.1. The van der Waals surface area contributed by atoms with Crippen LogP contribution in [0.2, 0.25) is 5.02 Å². The summed E-state index contributed by atoms with van der Waals surface area (Å²) in [5.74, 6) is 0.483. The van der Waals surface area contributed by atoms with Crippen molar-refractivity contribution in [2.24, 2.45) is 0 Å². The van der Waals surface area contributed by atoms with Crippen molar-refractivity contribution >= 4 is 23.2 Å². The Morgan fingerprint density at radius 1 is 1.18 bits per heavy atom. The van der Waals surface area contributed by atoms with E-state index < -0.39 is 6.10 Å². The minimum absolute atomic E-state index is 0.149. The molecule has 0 unspecified atom stereocenters. The number of ether oxygens (including phenoxy) is 1. The molecule has 1 amide bonds. The van der Waals surface area contributed by atoms with Crippen molar-refractivity contribution in [2.75, 3.05) is 5.32 Å². The fourth-order valence-corrected chi connectivity index (χ4v) is 2.29. The molecule has 0 aromatic heterocycles. The van der Waals surface area contributed by atoms with E-state index in [1.165, 1.54) is 5.56 Å². The summed E-state index contributed by atoms with van der Waals surface area (Å²) in [6.45, 7) is 5.92. The van der Waals surface area contributed by atoms with Crippen molar-refractivity contribution < 1.29 is 9.53 Å². The molecule has 4 heteroatoms. The highest BCUT2D eigenvalue weighted by atomic mass is 35.5. The molecule has 2 aromatic carbocycles. The van der Waals surface area contributed by atoms with E-state index in [9.17, 15) is 4.79 Å². The van der Waals surface area contributed by atoms with Crippen LogP contribution in [0, 0.1) is 13.8 Å². The normalized spacial score (nSPS) is 11.8. The van der Waals surface area contributed by atoms with Crippen LogP contribution in [0.15, 0.2) is 42.5 Å². The molecule has 1 N–H and O–H groups in total. The average molecular weight is 318 g/mol. The minimum atomic E-state index is -0.540. The first kappa shape index (κ1) is 16.4. The summed E-state index contributed by atoms with van der Waals surface area (Å²) in [7, 11) is 0. The third kappa shape index (κ3) is 4.25. The van der Waals surface area contributed by atoms with E-state index >= 15 is 0 Å². The van der Waals surface area contributed by atoms with Crippen LogP contribution < -0.4 is 10.1 Å². The molecule has 0 heterocycles. The number of rotatable bonds is 5. The summed E-state index contributed by atoms with van der Waals surface area (Å²) in [6.07, 6.45) is 0.0428. The van der Waals surface area contributed by atoms with E-state index in [4.69, 9.17) is 16.3 Å². The molecule has 0 saturated heterocycles. The molecule has 2 aromatic rings. The number of aryl methyl sites for hydroxylation is 2. The van der Waals surface area contributed by atoms with Crippen LogP contribution in [0.5, 0.6) is 5.75 Å². The Labute approximate surface area is 136 Å². The van der Waals surface area contributed by atoms with Crippen LogP contribution in [0.25, 0.3) is 0 Å². The summed E-state index contributed by atoms with van der Waals surface area (Å²) >= 11 is 5.85. The highest BCUT2D eigenvalue weighted by Gasteiger charge is 2.19. The number of amides is 1. The third-order valence-electron chi connectivity index (χ3n) is 3.39. The van der Waals surface area contributed by atoms with Gasteiger partial charge < -0.3 is 10.1 Å². The molecule has 3 nitrogen and oxygen atoms in total. The standard InChI is InChI=1S/C18H20ClNO2/c1-4-17(22-15-8-6-14(19)7-9-15)18(21)20-16-10-5-12(2)11-13(16)3/h5-11,17H,4H2,1-3H3,(H,20,21)/t17-/m1/s1. The second-order valence-electron chi connectivity index (χ2n) is 5.28. The maximum absolute atomic E-state index is 12.4. The summed E-state index contributed by atoms with van der Waals surface area (Å²) in [6, 6.07) is 12.9. The molecule has 0 aliphatic rings. The molecule has 22 heavy (non-hydrogen) atoms. The first-order valence-corrected chi connectivity index (χ1v) is 7.67. The van der Waals surface area contributed by atoms with Crippen molar-refractivity contribution in [3.05, 3.63) is 58.6 Å². The van der Waals surface area contributed by atoms with Gasteiger partial charge in [0.2, 0.25) is 0 Å². The van der Waals surface area contributed by atoms with Gasteiger partial charge in [-0.3, -0.25) is 4.79 Å². The van der Waals surface area contributed by atoms with Gasteiger partial charge >= 0.3 is 0 Å². The maximum atomic E-state index is 12.4. The van der Waals surface area contributed by atoms with E-state index in [2.05, 4.69) is 5.32 Å². The Bertz CT molecular complexity index is 653. The molecular weight excluding hydrogens is 298 g/mol. The first-order valence-electron chi connectivity index (χ1n) is 7.30. The van der Waals surface area contributed by atoms with E-state index in [1.54, 1.807) is 24.3 Å². The van der Waals surface area contributed by atoms with Gasteiger partial charge in [0.25, 0.3) is 5.91 Å². The number of hydrogen-bond donors (Lipinski definition) is 1. The van der Waals surface area contributed by atoms with E-state index in [-0.39, 0.29) is 5.91 Å². The number of carbonyl (C=O) groups excluding carboxylic acids is 1. The molecule has 0 aliphatic carbocycles. The maximum Gasteiger partial charge on any atom is 0.265 e. The van der Waals surface area contributed by atoms with Crippen LogP contribution in [0.4, 0.5) is 5.69 Å². The van der Waals surface area contributed by atoms with Crippen LogP contribution in [0.3, 0.4) is 0 Å². The molecule has 1 atom stereocenters. The Balaban J connectivity index is 2.06. The monoisotopic (exact) mass is 317 g/mol. The van der Waals surface area contributed by atoms with Crippen LogP contribution in [-0.4, -0.2) is 12.0 Å². The molecule has 0 bridgehead atoms. The quantitative estimate of drug-likeness (QED) is 0.864. The topological polar surface area (TPSA) is 38.3 Å². The highest BCUT2D eigenvalue weighted by molar-refractivity contribution is 6.30. The third-order valence-corrected chi connectivity index (χ3v) is 3.65. The molecule has 116 valence electrons. The van der Waals surface area contributed by atoms with Gasteiger partial charge in [0.05, 0.1) is 0 Å². The minimum Gasteiger partial charge on any atom is -0.481 e. The second-order valence-corrected chi connectivity index (χ2v) is 5.71. The SMILES string of the molecule is CC[C@@H](Oc1ccc(Cl)cc1)C(=O)Nc1ccc(C)cc1C. The van der Waals surface area contributed by atoms with Crippen LogP contribution in [-0.2, 0) is 4.79 Å². The molecule has 2 rings (SSSR count). The van der Waals surface area contributed by atoms with Crippen molar-refractivity contribution in [1.29, 1.82) is 0 Å². The average Bonchev–Trinajstić information content (AvgIpc) is 2.49. The van der Waals surface area contributed by atoms with Crippen molar-refractivity contribution in [2.45, 2.75) is 33.3 Å². The lowest BCUT2D eigenvalue weighted by atomic mass is 10.1. The van der Waals surface area contributed by atoms with Gasteiger partial charge in [-0.1, -0.05) is 36.2 Å². The number of halogens is 1. The number of nitrogens with one attached hydrogen (secondary N) is 1. The Morgan fingerprint density at radius 2 is 1.86 bits per heavy atom. The predicted octanol–water partition coefficient (Wildman–Crippen LogP) is 4.75. The Morgan fingerprint density at radius 3 is 2.45 bits per heavy atom. The van der Waals surface area contributed by atoms with Crippen LogP contribution >= 0.6 is 11.6 Å². The molecule has 0 radical (unpaired) electrons. The van der Waals surface area contributed by atoms with E-state index in [0.29, 0.717) is 17.2 Å². The van der Waals surface area contributed by atoms with Crippen molar-refractivity contribution in [1.82, 2.24) is 0 Å². The van der Waals surface area contributed by atoms with Crippen LogP contribution in [0.1, 0.15) is 24.5 Å². The predicted molar refractivity (Wildman–Crippen MR) is 90.7 cm³/mol. The second kappa shape index (κ2) is 7.32. The number of anilines is 1. The Kier molecular flexibility index (Phi) is 5.45. The van der Waals surface area contributed by atoms with Crippen molar-refractivity contribution in [3.63, 3.8) is 0 Å². The summed E-state index contributed by atoms with van der Waals surface area (Å²) < 4.78 is 5.75. The zero-order valence-electron chi connectivity index (χ0n) is 13.0. The summed E-state index contributed by atoms with van der Waals surface area (Å²) in [4.78, 5) is 12.4. The summed E-state index contributed by atoms with van der Waals surface area (Å²) in [5.41, 5.74) is 3.02. The van der Waals surface area contributed by atoms with Gasteiger partial charge in [0, 0.05) is 10.7 Å². The fourth-order valence-electron chi connectivity index (χ4n) is 2.17. The molecular formula is C18H20ClNO2. The number of hydrogen-bond acceptors (Lipinski definition) is 2.